The van der Waals surface area contributed by atoms with Crippen LogP contribution in [0.2, 0.25) is 0 Å². The Morgan fingerprint density at radius 3 is 2.38 bits per heavy atom. The van der Waals surface area contributed by atoms with Crippen molar-refractivity contribution in [2.75, 3.05) is 5.32 Å². The van der Waals surface area contributed by atoms with E-state index in [0.29, 0.717) is 0 Å². The van der Waals surface area contributed by atoms with E-state index in [4.69, 9.17) is 0 Å². The Hall–Kier alpha value is -0.830. The summed E-state index contributed by atoms with van der Waals surface area (Å²) in [5, 5.41) is 2.99. The number of nitrogens with one attached hydrogen (secondary N) is 1. The van der Waals surface area contributed by atoms with Crippen molar-refractivity contribution >= 4 is 27.5 Å². The minimum absolute atomic E-state index is 0.160. The van der Waals surface area contributed by atoms with E-state index < -0.39 is 0 Å². The number of benzene rings is 1. The van der Waals surface area contributed by atoms with Gasteiger partial charge < -0.3 is 5.32 Å². The van der Waals surface area contributed by atoms with Gasteiger partial charge in [0.2, 0.25) is 5.91 Å². The maximum absolute atomic E-state index is 12.1. The van der Waals surface area contributed by atoms with E-state index in [-0.39, 0.29) is 11.3 Å². The summed E-state index contributed by atoms with van der Waals surface area (Å²) in [6.07, 6.45) is 4.36. The van der Waals surface area contributed by atoms with E-state index in [1.54, 1.807) is 0 Å². The molecule has 0 aromatic heterocycles. The van der Waals surface area contributed by atoms with E-state index in [0.717, 1.165) is 23.0 Å². The van der Waals surface area contributed by atoms with Crippen molar-refractivity contribution in [3.63, 3.8) is 0 Å². The third-order valence-electron chi connectivity index (χ3n) is 3.36. The van der Waals surface area contributed by atoms with Gasteiger partial charge in [0.15, 0.2) is 0 Å². The number of rotatable bonds is 2. The van der Waals surface area contributed by atoms with Gasteiger partial charge in [-0.1, -0.05) is 35.7 Å². The number of carbonyl (C=O) groups excluding carboxylic acids is 1. The molecule has 1 aliphatic carbocycles. The van der Waals surface area contributed by atoms with Gasteiger partial charge in [-0.15, -0.1) is 0 Å². The normalized spacial score (nSPS) is 18.4. The van der Waals surface area contributed by atoms with E-state index in [1.807, 2.05) is 24.3 Å². The zero-order chi connectivity index (χ0) is 11.6. The minimum atomic E-state index is -0.160. The average Bonchev–Trinajstić information content (AvgIpc) is 2.70. The van der Waals surface area contributed by atoms with Crippen molar-refractivity contribution in [2.24, 2.45) is 5.41 Å². The molecule has 2 rings (SSSR count). The minimum Gasteiger partial charge on any atom is -0.326 e. The number of carbonyl (C=O) groups is 1. The molecule has 86 valence electrons. The highest BCUT2D eigenvalue weighted by Gasteiger charge is 2.36. The molecule has 2 nitrogen and oxygen atoms in total. The molecule has 0 radical (unpaired) electrons. The number of halogens is 1. The van der Waals surface area contributed by atoms with Gasteiger partial charge in [-0.05, 0) is 37.1 Å². The fourth-order valence-electron chi connectivity index (χ4n) is 2.20. The van der Waals surface area contributed by atoms with Gasteiger partial charge in [0.1, 0.15) is 0 Å². The monoisotopic (exact) mass is 281 g/mol. The quantitative estimate of drug-likeness (QED) is 0.873. The van der Waals surface area contributed by atoms with Crippen LogP contribution in [-0.2, 0) is 4.79 Å². The first-order valence-corrected chi connectivity index (χ1v) is 6.46. The Balaban J connectivity index is 2.04. The summed E-state index contributed by atoms with van der Waals surface area (Å²) < 4.78 is 1.03. The molecule has 1 aliphatic rings. The predicted molar refractivity (Wildman–Crippen MR) is 69.3 cm³/mol. The number of hydrogen-bond donors (Lipinski definition) is 1. The Labute approximate surface area is 105 Å². The van der Waals surface area contributed by atoms with Gasteiger partial charge in [-0.3, -0.25) is 4.79 Å². The lowest BCUT2D eigenvalue weighted by molar-refractivity contribution is -0.124. The molecule has 0 aliphatic heterocycles. The molecule has 3 heteroatoms. The van der Waals surface area contributed by atoms with Crippen LogP contribution >= 0.6 is 15.9 Å². The Bertz CT molecular complexity index is 379. The molecule has 1 aromatic rings. The molecule has 16 heavy (non-hydrogen) atoms. The molecule has 0 spiro atoms. The van der Waals surface area contributed by atoms with E-state index in [9.17, 15) is 4.79 Å². The van der Waals surface area contributed by atoms with Crippen LogP contribution < -0.4 is 5.32 Å². The van der Waals surface area contributed by atoms with Gasteiger partial charge in [-0.2, -0.15) is 0 Å². The van der Waals surface area contributed by atoms with Crippen LogP contribution in [0.25, 0.3) is 0 Å². The van der Waals surface area contributed by atoms with Crippen LogP contribution in [-0.4, -0.2) is 5.91 Å². The zero-order valence-electron chi connectivity index (χ0n) is 9.42. The molecule has 1 N–H and O–H groups in total. The van der Waals surface area contributed by atoms with Crippen LogP contribution in [0.3, 0.4) is 0 Å². The van der Waals surface area contributed by atoms with Crippen LogP contribution in [0.4, 0.5) is 5.69 Å². The van der Waals surface area contributed by atoms with Crippen molar-refractivity contribution in [3.05, 3.63) is 28.7 Å². The molecule has 0 saturated heterocycles. The number of anilines is 1. The lowest BCUT2D eigenvalue weighted by atomic mass is 9.88. The molecular weight excluding hydrogens is 266 g/mol. The molecular formula is C13H16BrNO. The number of hydrogen-bond acceptors (Lipinski definition) is 1. The van der Waals surface area contributed by atoms with Crippen molar-refractivity contribution in [1.82, 2.24) is 0 Å². The van der Waals surface area contributed by atoms with Crippen LogP contribution in [0.5, 0.6) is 0 Å². The van der Waals surface area contributed by atoms with Crippen LogP contribution in [0, 0.1) is 5.41 Å². The summed E-state index contributed by atoms with van der Waals surface area (Å²) in [5.41, 5.74) is 0.717. The first kappa shape index (κ1) is 11.6. The lowest BCUT2D eigenvalue weighted by Gasteiger charge is -2.22. The van der Waals surface area contributed by atoms with Crippen molar-refractivity contribution in [3.8, 4) is 0 Å². The fraction of sp³-hybridized carbons (Fsp3) is 0.462. The summed E-state index contributed by atoms with van der Waals surface area (Å²) >= 11 is 3.38. The first-order chi connectivity index (χ1) is 7.60. The van der Waals surface area contributed by atoms with E-state index >= 15 is 0 Å². The molecule has 1 amide bonds. The fourth-order valence-corrected chi connectivity index (χ4v) is 2.46. The molecule has 1 fully saturated rings. The summed E-state index contributed by atoms with van der Waals surface area (Å²) in [7, 11) is 0. The van der Waals surface area contributed by atoms with E-state index in [2.05, 4.69) is 28.2 Å². The maximum Gasteiger partial charge on any atom is 0.230 e. The highest BCUT2D eigenvalue weighted by Crippen LogP contribution is 2.38. The summed E-state index contributed by atoms with van der Waals surface area (Å²) in [4.78, 5) is 12.1. The smallest absolute Gasteiger partial charge is 0.230 e. The molecule has 0 atom stereocenters. The molecule has 1 aromatic carbocycles. The molecule has 0 heterocycles. The highest BCUT2D eigenvalue weighted by atomic mass is 79.9. The topological polar surface area (TPSA) is 29.1 Å². The van der Waals surface area contributed by atoms with Gasteiger partial charge in [0.25, 0.3) is 0 Å². The lowest BCUT2D eigenvalue weighted by Crippen LogP contribution is -2.30. The van der Waals surface area contributed by atoms with Crippen molar-refractivity contribution in [2.45, 2.75) is 32.6 Å². The zero-order valence-corrected chi connectivity index (χ0v) is 11.0. The van der Waals surface area contributed by atoms with Crippen LogP contribution in [0.1, 0.15) is 32.6 Å². The second kappa shape index (κ2) is 4.58. The molecule has 0 bridgehead atoms. The Morgan fingerprint density at radius 1 is 1.25 bits per heavy atom. The summed E-state index contributed by atoms with van der Waals surface area (Å²) in [6.45, 7) is 2.06. The third-order valence-corrected chi connectivity index (χ3v) is 3.89. The number of amides is 1. The second-order valence-corrected chi connectivity index (χ2v) is 5.64. The average molecular weight is 282 g/mol. The van der Waals surface area contributed by atoms with Crippen LogP contribution in [0.15, 0.2) is 28.7 Å². The van der Waals surface area contributed by atoms with Gasteiger partial charge in [0, 0.05) is 15.6 Å². The van der Waals surface area contributed by atoms with Crippen molar-refractivity contribution < 1.29 is 4.79 Å². The third kappa shape index (κ3) is 2.46. The Morgan fingerprint density at radius 2 is 1.81 bits per heavy atom. The maximum atomic E-state index is 12.1. The highest BCUT2D eigenvalue weighted by molar-refractivity contribution is 9.10. The molecule has 1 saturated carbocycles. The Kier molecular flexibility index (Phi) is 3.33. The van der Waals surface area contributed by atoms with Gasteiger partial charge >= 0.3 is 0 Å². The summed E-state index contributed by atoms with van der Waals surface area (Å²) in [5.74, 6) is 0.160. The predicted octanol–water partition coefficient (Wildman–Crippen LogP) is 3.97. The largest absolute Gasteiger partial charge is 0.326 e. The summed E-state index contributed by atoms with van der Waals surface area (Å²) in [6, 6.07) is 7.71. The van der Waals surface area contributed by atoms with Gasteiger partial charge in [0.05, 0.1) is 0 Å². The van der Waals surface area contributed by atoms with Crippen molar-refractivity contribution in [1.29, 1.82) is 0 Å². The van der Waals surface area contributed by atoms with E-state index in [1.165, 1.54) is 12.8 Å². The standard InChI is InChI=1S/C13H16BrNO/c1-13(8-2-3-9-13)12(16)15-11-6-4-10(14)5-7-11/h4-7H,2-3,8-9H2,1H3,(H,15,16). The van der Waals surface area contributed by atoms with Gasteiger partial charge in [-0.25, -0.2) is 0 Å². The molecule has 0 unspecified atom stereocenters. The SMILES string of the molecule is CC1(C(=O)Nc2ccc(Br)cc2)CCCC1. The second-order valence-electron chi connectivity index (χ2n) is 4.73. The first-order valence-electron chi connectivity index (χ1n) is 5.67.